The highest BCUT2D eigenvalue weighted by atomic mass is 16.2. The Bertz CT molecular complexity index is 780. The van der Waals surface area contributed by atoms with Crippen molar-refractivity contribution >= 4 is 11.8 Å². The molecule has 0 bridgehead atoms. The number of carbonyl (C=O) groups excluding carboxylic acids is 2. The van der Waals surface area contributed by atoms with Gasteiger partial charge in [-0.1, -0.05) is 19.3 Å². The van der Waals surface area contributed by atoms with E-state index in [1.807, 2.05) is 38.9 Å². The molecule has 1 aliphatic carbocycles. The Morgan fingerprint density at radius 1 is 1.00 bits per heavy atom. The first-order chi connectivity index (χ1) is 14.2. The molecule has 2 aromatic heterocycles. The van der Waals surface area contributed by atoms with Crippen molar-refractivity contribution in [2.75, 3.05) is 26.2 Å². The average Bonchev–Trinajstić information content (AvgIpc) is 3.42. The van der Waals surface area contributed by atoms with Crippen molar-refractivity contribution in [1.29, 1.82) is 0 Å². The Balaban J connectivity index is 1.41. The number of H-pyrrole nitrogens is 1. The number of carbonyl (C=O) groups is 2. The lowest BCUT2D eigenvalue weighted by Crippen LogP contribution is -2.42. The van der Waals surface area contributed by atoms with Gasteiger partial charge in [0.25, 0.3) is 0 Å². The second-order valence-electron chi connectivity index (χ2n) is 8.27. The third kappa shape index (κ3) is 4.71. The van der Waals surface area contributed by atoms with E-state index < -0.39 is 0 Å². The van der Waals surface area contributed by atoms with Crippen LogP contribution < -0.4 is 0 Å². The fraction of sp³-hybridized carbons (Fsp3) is 0.591. The van der Waals surface area contributed by atoms with Gasteiger partial charge in [-0.15, -0.1) is 0 Å². The maximum atomic E-state index is 13.4. The van der Waals surface area contributed by atoms with Gasteiger partial charge in [-0.3, -0.25) is 9.59 Å². The SMILES string of the molecule is O=C(C1CCCCC1)N1CCCN(C(=O)C(Cc2cnc[nH]2)n2cccc2)CC1. The number of hydrogen-bond donors (Lipinski definition) is 1. The number of nitrogens with one attached hydrogen (secondary N) is 1. The zero-order chi connectivity index (χ0) is 20.1. The number of rotatable bonds is 5. The lowest BCUT2D eigenvalue weighted by Gasteiger charge is -2.29. The smallest absolute Gasteiger partial charge is 0.246 e. The van der Waals surface area contributed by atoms with Crippen molar-refractivity contribution in [3.63, 3.8) is 0 Å². The zero-order valence-corrected chi connectivity index (χ0v) is 17.0. The molecule has 2 fully saturated rings. The molecular weight excluding hydrogens is 366 g/mol. The van der Waals surface area contributed by atoms with E-state index in [9.17, 15) is 9.59 Å². The monoisotopic (exact) mass is 397 g/mol. The largest absolute Gasteiger partial charge is 0.348 e. The molecule has 1 atom stereocenters. The van der Waals surface area contributed by atoms with Crippen LogP contribution in [0, 0.1) is 5.92 Å². The first-order valence-electron chi connectivity index (χ1n) is 10.9. The number of hydrogen-bond acceptors (Lipinski definition) is 3. The minimum absolute atomic E-state index is 0.114. The average molecular weight is 398 g/mol. The highest BCUT2D eigenvalue weighted by Crippen LogP contribution is 2.26. The molecule has 1 saturated carbocycles. The van der Waals surface area contributed by atoms with Crippen LogP contribution in [0.1, 0.15) is 50.3 Å². The Hall–Kier alpha value is -2.57. The standard InChI is InChI=1S/C22H31N5O2/c28-21(18-7-2-1-3-8-18)26-11-6-12-27(14-13-26)22(29)20(25-9-4-5-10-25)15-19-16-23-17-24-19/h4-5,9-10,16-18,20H,1-3,6-8,11-15H2,(H,23,24). The van der Waals surface area contributed by atoms with Gasteiger partial charge in [0.15, 0.2) is 0 Å². The van der Waals surface area contributed by atoms with Gasteiger partial charge in [-0.25, -0.2) is 4.98 Å². The van der Waals surface area contributed by atoms with Crippen LogP contribution >= 0.6 is 0 Å². The third-order valence-corrected chi connectivity index (χ3v) is 6.31. The summed E-state index contributed by atoms with van der Waals surface area (Å²) in [4.78, 5) is 37.5. The molecule has 1 unspecified atom stereocenters. The van der Waals surface area contributed by atoms with Gasteiger partial charge in [0.05, 0.1) is 6.33 Å². The molecule has 2 aromatic rings. The van der Waals surface area contributed by atoms with Gasteiger partial charge >= 0.3 is 0 Å². The fourth-order valence-electron chi connectivity index (χ4n) is 4.66. The Morgan fingerprint density at radius 3 is 2.45 bits per heavy atom. The van der Waals surface area contributed by atoms with E-state index in [2.05, 4.69) is 9.97 Å². The third-order valence-electron chi connectivity index (χ3n) is 6.31. The molecule has 2 amide bonds. The summed E-state index contributed by atoms with van der Waals surface area (Å²) in [5, 5.41) is 0. The minimum Gasteiger partial charge on any atom is -0.348 e. The molecular formula is C22H31N5O2. The van der Waals surface area contributed by atoms with Crippen LogP contribution in [0.25, 0.3) is 0 Å². The van der Waals surface area contributed by atoms with Crippen molar-refractivity contribution in [2.24, 2.45) is 5.92 Å². The van der Waals surface area contributed by atoms with E-state index in [1.165, 1.54) is 19.3 Å². The van der Waals surface area contributed by atoms with Gasteiger partial charge in [0.1, 0.15) is 6.04 Å². The summed E-state index contributed by atoms with van der Waals surface area (Å²) in [6.45, 7) is 2.71. The summed E-state index contributed by atoms with van der Waals surface area (Å²) < 4.78 is 1.97. The molecule has 1 saturated heterocycles. The molecule has 0 aromatic carbocycles. The fourth-order valence-corrected chi connectivity index (χ4v) is 4.66. The van der Waals surface area contributed by atoms with Crippen LogP contribution in [0.2, 0.25) is 0 Å². The second-order valence-corrected chi connectivity index (χ2v) is 8.27. The predicted molar refractivity (Wildman–Crippen MR) is 110 cm³/mol. The first-order valence-corrected chi connectivity index (χ1v) is 10.9. The number of amides is 2. The summed E-state index contributed by atoms with van der Waals surface area (Å²) in [6, 6.07) is 3.59. The molecule has 7 heteroatoms. The molecule has 29 heavy (non-hydrogen) atoms. The first kappa shape index (κ1) is 19.7. The number of aromatic amines is 1. The van der Waals surface area contributed by atoms with E-state index in [1.54, 1.807) is 12.5 Å². The summed E-state index contributed by atoms with van der Waals surface area (Å²) in [5.74, 6) is 0.611. The number of aromatic nitrogens is 3. The van der Waals surface area contributed by atoms with E-state index in [0.29, 0.717) is 32.0 Å². The summed E-state index contributed by atoms with van der Waals surface area (Å²) in [5.41, 5.74) is 0.945. The van der Waals surface area contributed by atoms with Crippen molar-refractivity contribution in [3.8, 4) is 0 Å². The lowest BCUT2D eigenvalue weighted by atomic mass is 9.88. The molecule has 4 rings (SSSR count). The molecule has 0 radical (unpaired) electrons. The Morgan fingerprint density at radius 2 is 1.72 bits per heavy atom. The maximum Gasteiger partial charge on any atom is 0.246 e. The Labute approximate surface area is 172 Å². The van der Waals surface area contributed by atoms with E-state index >= 15 is 0 Å². The normalized spacial score (nSPS) is 19.7. The van der Waals surface area contributed by atoms with Gasteiger partial charge in [-0.05, 0) is 31.4 Å². The molecule has 1 N–H and O–H groups in total. The molecule has 3 heterocycles. The summed E-state index contributed by atoms with van der Waals surface area (Å²) >= 11 is 0. The van der Waals surface area contributed by atoms with Gasteiger partial charge in [0.2, 0.25) is 11.8 Å². The van der Waals surface area contributed by atoms with E-state index in [4.69, 9.17) is 0 Å². The highest BCUT2D eigenvalue weighted by Gasteiger charge is 2.31. The van der Waals surface area contributed by atoms with Crippen LogP contribution in [0.5, 0.6) is 0 Å². The quantitative estimate of drug-likeness (QED) is 0.843. The van der Waals surface area contributed by atoms with Crippen LogP contribution in [-0.4, -0.2) is 62.3 Å². The zero-order valence-electron chi connectivity index (χ0n) is 17.0. The van der Waals surface area contributed by atoms with Gasteiger partial charge in [-0.2, -0.15) is 0 Å². The topological polar surface area (TPSA) is 74.2 Å². The van der Waals surface area contributed by atoms with Crippen molar-refractivity contribution in [1.82, 2.24) is 24.3 Å². The molecule has 2 aliphatic rings. The van der Waals surface area contributed by atoms with Gasteiger partial charge < -0.3 is 19.4 Å². The van der Waals surface area contributed by atoms with Crippen molar-refractivity contribution in [2.45, 2.75) is 51.0 Å². The summed E-state index contributed by atoms with van der Waals surface area (Å²) in [6.07, 6.45) is 14.4. The predicted octanol–water partition coefficient (Wildman–Crippen LogP) is 2.64. The minimum atomic E-state index is -0.300. The number of imidazole rings is 1. The van der Waals surface area contributed by atoms with E-state index in [0.717, 1.165) is 31.5 Å². The highest BCUT2D eigenvalue weighted by molar-refractivity contribution is 5.81. The van der Waals surface area contributed by atoms with Crippen LogP contribution in [0.3, 0.4) is 0 Å². The van der Waals surface area contributed by atoms with Crippen LogP contribution in [0.4, 0.5) is 0 Å². The summed E-state index contributed by atoms with van der Waals surface area (Å²) in [7, 11) is 0. The van der Waals surface area contributed by atoms with Crippen LogP contribution in [-0.2, 0) is 16.0 Å². The molecule has 0 spiro atoms. The molecule has 156 valence electrons. The van der Waals surface area contributed by atoms with Gasteiger partial charge in [0, 0.05) is 62.8 Å². The van der Waals surface area contributed by atoms with Crippen molar-refractivity contribution in [3.05, 3.63) is 42.7 Å². The number of nitrogens with zero attached hydrogens (tertiary/aromatic N) is 4. The van der Waals surface area contributed by atoms with E-state index in [-0.39, 0.29) is 17.9 Å². The Kier molecular flexibility index (Phi) is 6.32. The van der Waals surface area contributed by atoms with Crippen LogP contribution in [0.15, 0.2) is 37.1 Å². The second kappa shape index (κ2) is 9.29. The molecule has 1 aliphatic heterocycles. The maximum absolute atomic E-state index is 13.4. The van der Waals surface area contributed by atoms with Crippen molar-refractivity contribution < 1.29 is 9.59 Å². The molecule has 7 nitrogen and oxygen atoms in total. The lowest BCUT2D eigenvalue weighted by molar-refractivity contribution is -0.138.